The molecule has 4 fully saturated rings. The second-order valence-electron chi connectivity index (χ2n) is 8.14. The van der Waals surface area contributed by atoms with Crippen molar-refractivity contribution in [3.05, 3.63) is 0 Å². The zero-order valence-electron chi connectivity index (χ0n) is 15.9. The molecule has 150 valence electrons. The van der Waals surface area contributed by atoms with E-state index in [9.17, 15) is 14.4 Å². The number of amides is 4. The summed E-state index contributed by atoms with van der Waals surface area (Å²) in [5.74, 6) is 0.256. The van der Waals surface area contributed by atoms with Gasteiger partial charge in [0, 0.05) is 57.8 Å². The number of nitrogens with zero attached hydrogens (tertiary/aromatic N) is 3. The number of piperidine rings is 1. The fraction of sp³-hybridized carbons (Fsp3) is 0.842. The maximum atomic E-state index is 12.8. The van der Waals surface area contributed by atoms with Gasteiger partial charge in [-0.25, -0.2) is 4.79 Å². The third-order valence-electron chi connectivity index (χ3n) is 6.14. The predicted octanol–water partition coefficient (Wildman–Crippen LogP) is 0.420. The van der Waals surface area contributed by atoms with Gasteiger partial charge in [0.2, 0.25) is 5.91 Å². The Balaban J connectivity index is 1.20. The summed E-state index contributed by atoms with van der Waals surface area (Å²) >= 11 is 0. The lowest BCUT2D eigenvalue weighted by Gasteiger charge is -2.39. The first-order chi connectivity index (χ1) is 13.1. The van der Waals surface area contributed by atoms with E-state index in [1.165, 1.54) is 0 Å². The van der Waals surface area contributed by atoms with Gasteiger partial charge in [0.25, 0.3) is 5.91 Å². The van der Waals surface area contributed by atoms with Crippen LogP contribution < -0.4 is 5.32 Å². The summed E-state index contributed by atoms with van der Waals surface area (Å²) < 4.78 is 5.49. The zero-order valence-corrected chi connectivity index (χ0v) is 15.9. The molecule has 1 aliphatic carbocycles. The van der Waals surface area contributed by atoms with Gasteiger partial charge in [-0.15, -0.1) is 0 Å². The van der Waals surface area contributed by atoms with Gasteiger partial charge >= 0.3 is 6.03 Å². The summed E-state index contributed by atoms with van der Waals surface area (Å²) in [4.78, 5) is 42.9. The Morgan fingerprint density at radius 1 is 0.741 bits per heavy atom. The van der Waals surface area contributed by atoms with Crippen LogP contribution in [-0.2, 0) is 14.3 Å². The van der Waals surface area contributed by atoms with Crippen LogP contribution >= 0.6 is 0 Å². The standard InChI is InChI=1S/C19H30N4O4/c24-17(14-5-7-23(8-6-14)19(26)20-15-3-4-15)21-9-11-22(12-10-21)18(25)16-2-1-13-27-16/h14-16H,1-13H2,(H,20,26). The molecule has 1 unspecified atom stereocenters. The van der Waals surface area contributed by atoms with E-state index in [0.717, 1.165) is 38.5 Å². The highest BCUT2D eigenvalue weighted by molar-refractivity contribution is 5.82. The summed E-state index contributed by atoms with van der Waals surface area (Å²) in [5, 5.41) is 3.01. The monoisotopic (exact) mass is 378 g/mol. The number of urea groups is 1. The SMILES string of the molecule is O=C(NC1CC1)N1CCC(C(=O)N2CCN(C(=O)C3CCCO3)CC2)CC1. The van der Waals surface area contributed by atoms with Gasteiger partial charge in [0.15, 0.2) is 0 Å². The Labute approximate surface area is 160 Å². The summed E-state index contributed by atoms with van der Waals surface area (Å²) in [6.45, 7) is 4.34. The Hall–Kier alpha value is -1.83. The molecule has 4 rings (SSSR count). The lowest BCUT2D eigenvalue weighted by atomic mass is 9.95. The van der Waals surface area contributed by atoms with E-state index in [0.29, 0.717) is 51.9 Å². The molecule has 3 aliphatic heterocycles. The quantitative estimate of drug-likeness (QED) is 0.772. The molecule has 0 aromatic heterocycles. The van der Waals surface area contributed by atoms with Crippen LogP contribution in [0.4, 0.5) is 4.79 Å². The molecule has 0 spiro atoms. The Morgan fingerprint density at radius 3 is 1.93 bits per heavy atom. The molecule has 1 N–H and O–H groups in total. The lowest BCUT2D eigenvalue weighted by Crippen LogP contribution is -2.55. The van der Waals surface area contributed by atoms with Gasteiger partial charge < -0.3 is 24.8 Å². The minimum Gasteiger partial charge on any atom is -0.368 e. The highest BCUT2D eigenvalue weighted by Crippen LogP contribution is 2.23. The third-order valence-corrected chi connectivity index (χ3v) is 6.14. The minimum atomic E-state index is -0.279. The van der Waals surface area contributed by atoms with Crippen molar-refractivity contribution in [1.82, 2.24) is 20.0 Å². The van der Waals surface area contributed by atoms with E-state index < -0.39 is 0 Å². The molecule has 27 heavy (non-hydrogen) atoms. The molecular formula is C19H30N4O4. The van der Waals surface area contributed by atoms with E-state index in [4.69, 9.17) is 4.74 Å². The van der Waals surface area contributed by atoms with Gasteiger partial charge in [-0.05, 0) is 38.5 Å². The normalized spacial score (nSPS) is 27.0. The summed E-state index contributed by atoms with van der Waals surface area (Å²) in [6.07, 6.45) is 5.11. The molecule has 8 nitrogen and oxygen atoms in total. The van der Waals surface area contributed by atoms with Crippen molar-refractivity contribution in [2.45, 2.75) is 50.7 Å². The molecular weight excluding hydrogens is 348 g/mol. The molecule has 4 aliphatic rings. The molecule has 0 radical (unpaired) electrons. The van der Waals surface area contributed by atoms with Crippen LogP contribution in [0, 0.1) is 5.92 Å². The molecule has 3 heterocycles. The number of rotatable bonds is 3. The van der Waals surface area contributed by atoms with Crippen molar-refractivity contribution in [3.8, 4) is 0 Å². The van der Waals surface area contributed by atoms with Crippen molar-refractivity contribution in [1.29, 1.82) is 0 Å². The van der Waals surface area contributed by atoms with Gasteiger partial charge in [-0.3, -0.25) is 9.59 Å². The van der Waals surface area contributed by atoms with E-state index in [-0.39, 0.29) is 29.9 Å². The fourth-order valence-corrected chi connectivity index (χ4v) is 4.20. The van der Waals surface area contributed by atoms with Gasteiger partial charge in [-0.2, -0.15) is 0 Å². The molecule has 1 saturated carbocycles. The number of hydrogen-bond acceptors (Lipinski definition) is 4. The number of likely N-dealkylation sites (tertiary alicyclic amines) is 1. The molecule has 3 saturated heterocycles. The van der Waals surface area contributed by atoms with Crippen molar-refractivity contribution < 1.29 is 19.1 Å². The van der Waals surface area contributed by atoms with Gasteiger partial charge in [0.1, 0.15) is 6.10 Å². The average molecular weight is 378 g/mol. The zero-order chi connectivity index (χ0) is 18.8. The Kier molecular flexibility index (Phi) is 5.52. The molecule has 0 bridgehead atoms. The summed E-state index contributed by atoms with van der Waals surface area (Å²) in [5.41, 5.74) is 0. The maximum Gasteiger partial charge on any atom is 0.317 e. The third kappa shape index (κ3) is 4.36. The summed E-state index contributed by atoms with van der Waals surface area (Å²) in [7, 11) is 0. The van der Waals surface area contributed by atoms with E-state index in [2.05, 4.69) is 5.32 Å². The molecule has 4 amide bonds. The van der Waals surface area contributed by atoms with Crippen molar-refractivity contribution in [3.63, 3.8) is 0 Å². The average Bonchev–Trinajstić information content (AvgIpc) is 3.35. The number of piperazine rings is 1. The van der Waals surface area contributed by atoms with E-state index in [1.54, 1.807) is 0 Å². The number of carbonyl (C=O) groups excluding carboxylic acids is 3. The molecule has 0 aromatic carbocycles. The number of hydrogen-bond donors (Lipinski definition) is 1. The largest absolute Gasteiger partial charge is 0.368 e. The van der Waals surface area contributed by atoms with Crippen molar-refractivity contribution >= 4 is 17.8 Å². The Bertz CT molecular complexity index is 572. The first-order valence-corrected chi connectivity index (χ1v) is 10.4. The van der Waals surface area contributed by atoms with Crippen LogP contribution in [0.25, 0.3) is 0 Å². The smallest absolute Gasteiger partial charge is 0.317 e. The highest BCUT2D eigenvalue weighted by Gasteiger charge is 2.35. The van der Waals surface area contributed by atoms with Crippen LogP contribution in [0.5, 0.6) is 0 Å². The minimum absolute atomic E-state index is 0.00427. The maximum absolute atomic E-state index is 12.8. The summed E-state index contributed by atoms with van der Waals surface area (Å²) in [6, 6.07) is 0.384. The topological polar surface area (TPSA) is 82.2 Å². The fourth-order valence-electron chi connectivity index (χ4n) is 4.20. The number of nitrogens with one attached hydrogen (secondary N) is 1. The van der Waals surface area contributed by atoms with Crippen molar-refractivity contribution in [2.24, 2.45) is 5.92 Å². The second-order valence-corrected chi connectivity index (χ2v) is 8.14. The van der Waals surface area contributed by atoms with E-state index >= 15 is 0 Å². The first-order valence-electron chi connectivity index (χ1n) is 10.4. The van der Waals surface area contributed by atoms with Crippen LogP contribution in [0.2, 0.25) is 0 Å². The van der Waals surface area contributed by atoms with Gasteiger partial charge in [-0.1, -0.05) is 0 Å². The lowest BCUT2D eigenvalue weighted by molar-refractivity contribution is -0.147. The number of carbonyl (C=O) groups is 3. The first kappa shape index (κ1) is 18.5. The molecule has 0 aromatic rings. The van der Waals surface area contributed by atoms with Crippen LogP contribution in [0.3, 0.4) is 0 Å². The predicted molar refractivity (Wildman–Crippen MR) is 98.0 cm³/mol. The molecule has 1 atom stereocenters. The van der Waals surface area contributed by atoms with Crippen LogP contribution in [0.15, 0.2) is 0 Å². The Morgan fingerprint density at radius 2 is 1.37 bits per heavy atom. The van der Waals surface area contributed by atoms with Crippen LogP contribution in [0.1, 0.15) is 38.5 Å². The second kappa shape index (κ2) is 8.04. The van der Waals surface area contributed by atoms with Crippen LogP contribution in [-0.4, -0.2) is 90.6 Å². The number of ether oxygens (including phenoxy) is 1. The molecule has 8 heteroatoms. The van der Waals surface area contributed by atoms with E-state index in [1.807, 2.05) is 14.7 Å². The highest BCUT2D eigenvalue weighted by atomic mass is 16.5. The van der Waals surface area contributed by atoms with Crippen molar-refractivity contribution in [2.75, 3.05) is 45.9 Å². The van der Waals surface area contributed by atoms with Gasteiger partial charge in [0.05, 0.1) is 0 Å².